The van der Waals surface area contributed by atoms with Gasteiger partial charge >= 0.3 is 0 Å². The fourth-order valence-corrected chi connectivity index (χ4v) is 2.04. The molecule has 20 heavy (non-hydrogen) atoms. The normalized spacial score (nSPS) is 13.1. The lowest BCUT2D eigenvalue weighted by Crippen LogP contribution is -2.40. The topological polar surface area (TPSA) is 45.7 Å². The molecule has 0 radical (unpaired) electrons. The van der Waals surface area contributed by atoms with Crippen LogP contribution in [0.3, 0.4) is 0 Å². The Morgan fingerprint density at radius 2 is 2.20 bits per heavy atom. The number of guanidine groups is 1. The van der Waals surface area contributed by atoms with Gasteiger partial charge in [-0.05, 0) is 24.1 Å². The average Bonchev–Trinajstić information content (AvgIpc) is 2.46. The van der Waals surface area contributed by atoms with Crippen molar-refractivity contribution in [2.24, 2.45) is 4.99 Å². The molecule has 0 bridgehead atoms. The molecule has 1 unspecified atom stereocenters. The zero-order valence-corrected chi connectivity index (χ0v) is 13.2. The van der Waals surface area contributed by atoms with Crippen molar-refractivity contribution in [3.8, 4) is 0 Å². The van der Waals surface area contributed by atoms with Crippen LogP contribution in [0.2, 0.25) is 5.02 Å². The molecule has 0 saturated carbocycles. The molecule has 112 valence electrons. The smallest absolute Gasteiger partial charge is 0.191 e. The third kappa shape index (κ3) is 5.80. The Labute approximate surface area is 126 Å². The lowest BCUT2D eigenvalue weighted by Gasteiger charge is -2.19. The zero-order valence-electron chi connectivity index (χ0n) is 12.4. The number of nitrogens with one attached hydrogen (secondary N) is 2. The number of nitrogens with zero attached hydrogens (tertiary/aromatic N) is 1. The highest BCUT2D eigenvalue weighted by Gasteiger charge is 2.11. The highest BCUT2D eigenvalue weighted by molar-refractivity contribution is 6.30. The van der Waals surface area contributed by atoms with E-state index in [-0.39, 0.29) is 6.10 Å². The molecular weight excluding hydrogens is 274 g/mol. The van der Waals surface area contributed by atoms with Crippen molar-refractivity contribution in [3.63, 3.8) is 0 Å². The Hall–Kier alpha value is -1.26. The SMILES string of the molecule is CCCCNC(=NC)NCC(OC)c1cccc(Cl)c1. The van der Waals surface area contributed by atoms with E-state index < -0.39 is 0 Å². The maximum absolute atomic E-state index is 6.01. The molecule has 1 aromatic rings. The molecule has 0 heterocycles. The molecule has 0 amide bonds. The Bertz CT molecular complexity index is 423. The minimum atomic E-state index is -0.0570. The van der Waals surface area contributed by atoms with Gasteiger partial charge in [-0.25, -0.2) is 0 Å². The summed E-state index contributed by atoms with van der Waals surface area (Å²) in [6.45, 7) is 3.73. The van der Waals surface area contributed by atoms with E-state index in [1.165, 1.54) is 0 Å². The maximum atomic E-state index is 6.01. The summed E-state index contributed by atoms with van der Waals surface area (Å²) in [5, 5.41) is 7.26. The molecule has 0 aliphatic rings. The largest absolute Gasteiger partial charge is 0.375 e. The Morgan fingerprint density at radius 3 is 2.80 bits per heavy atom. The molecule has 1 atom stereocenters. The van der Waals surface area contributed by atoms with Gasteiger partial charge in [0.25, 0.3) is 0 Å². The second-order valence-corrected chi connectivity index (χ2v) is 4.95. The number of hydrogen-bond donors (Lipinski definition) is 2. The van der Waals surface area contributed by atoms with Crippen LogP contribution in [0, 0.1) is 0 Å². The standard InChI is InChI=1S/C15H24ClN3O/c1-4-5-9-18-15(17-2)19-11-14(20-3)12-7-6-8-13(16)10-12/h6-8,10,14H,4-5,9,11H2,1-3H3,(H2,17,18,19). The number of hydrogen-bond acceptors (Lipinski definition) is 2. The summed E-state index contributed by atoms with van der Waals surface area (Å²) in [6, 6.07) is 7.72. The van der Waals surface area contributed by atoms with Gasteiger partial charge in [-0.15, -0.1) is 0 Å². The summed E-state index contributed by atoms with van der Waals surface area (Å²) >= 11 is 6.01. The minimum Gasteiger partial charge on any atom is -0.375 e. The van der Waals surface area contributed by atoms with E-state index in [0.29, 0.717) is 6.54 Å². The Balaban J connectivity index is 2.52. The predicted molar refractivity (Wildman–Crippen MR) is 85.5 cm³/mol. The molecule has 4 nitrogen and oxygen atoms in total. The van der Waals surface area contributed by atoms with E-state index in [1.54, 1.807) is 14.2 Å². The van der Waals surface area contributed by atoms with E-state index in [0.717, 1.165) is 35.9 Å². The number of methoxy groups -OCH3 is 1. The third-order valence-corrected chi connectivity index (χ3v) is 3.24. The van der Waals surface area contributed by atoms with Crippen LogP contribution in [0.25, 0.3) is 0 Å². The monoisotopic (exact) mass is 297 g/mol. The number of aliphatic imine (C=N–C) groups is 1. The average molecular weight is 298 g/mol. The van der Waals surface area contributed by atoms with Crippen molar-refractivity contribution in [1.82, 2.24) is 10.6 Å². The van der Waals surface area contributed by atoms with Crippen LogP contribution < -0.4 is 10.6 Å². The van der Waals surface area contributed by atoms with Gasteiger partial charge in [0.2, 0.25) is 0 Å². The maximum Gasteiger partial charge on any atom is 0.191 e. The third-order valence-electron chi connectivity index (χ3n) is 3.01. The van der Waals surface area contributed by atoms with E-state index in [4.69, 9.17) is 16.3 Å². The van der Waals surface area contributed by atoms with Gasteiger partial charge in [-0.2, -0.15) is 0 Å². The lowest BCUT2D eigenvalue weighted by atomic mass is 10.1. The highest BCUT2D eigenvalue weighted by Crippen LogP contribution is 2.19. The lowest BCUT2D eigenvalue weighted by molar-refractivity contribution is 0.106. The molecule has 5 heteroatoms. The number of rotatable bonds is 7. The van der Waals surface area contributed by atoms with Crippen LogP contribution in [-0.4, -0.2) is 33.2 Å². The van der Waals surface area contributed by atoms with Crippen molar-refractivity contribution < 1.29 is 4.74 Å². The predicted octanol–water partition coefficient (Wildman–Crippen LogP) is 2.99. The number of halogens is 1. The summed E-state index contributed by atoms with van der Waals surface area (Å²) < 4.78 is 5.51. The molecule has 0 fully saturated rings. The number of benzene rings is 1. The van der Waals surface area contributed by atoms with Crippen molar-refractivity contribution >= 4 is 17.6 Å². The van der Waals surface area contributed by atoms with E-state index >= 15 is 0 Å². The molecule has 2 N–H and O–H groups in total. The first-order chi connectivity index (χ1) is 9.71. The molecule has 1 rings (SSSR count). The van der Waals surface area contributed by atoms with Crippen molar-refractivity contribution in [1.29, 1.82) is 0 Å². The quantitative estimate of drug-likeness (QED) is 0.462. The molecular formula is C15H24ClN3O. The van der Waals surface area contributed by atoms with Gasteiger partial charge in [-0.3, -0.25) is 4.99 Å². The number of ether oxygens (including phenoxy) is 1. The first-order valence-electron chi connectivity index (χ1n) is 6.94. The van der Waals surface area contributed by atoms with Gasteiger partial charge in [-0.1, -0.05) is 37.1 Å². The fraction of sp³-hybridized carbons (Fsp3) is 0.533. The molecule has 0 saturated heterocycles. The van der Waals surface area contributed by atoms with Gasteiger partial charge < -0.3 is 15.4 Å². The Kier molecular flexibility index (Phi) is 8.07. The van der Waals surface area contributed by atoms with Crippen LogP contribution in [0.4, 0.5) is 0 Å². The van der Waals surface area contributed by atoms with Crippen molar-refractivity contribution in [2.75, 3.05) is 27.2 Å². The summed E-state index contributed by atoms with van der Waals surface area (Å²) in [6.07, 6.45) is 2.23. The van der Waals surface area contributed by atoms with E-state index in [2.05, 4.69) is 22.5 Å². The van der Waals surface area contributed by atoms with Crippen molar-refractivity contribution in [3.05, 3.63) is 34.9 Å². The second-order valence-electron chi connectivity index (χ2n) is 4.51. The van der Waals surface area contributed by atoms with Gasteiger partial charge in [0, 0.05) is 32.3 Å². The van der Waals surface area contributed by atoms with Crippen LogP contribution in [0.1, 0.15) is 31.4 Å². The summed E-state index contributed by atoms with van der Waals surface area (Å²) in [5.41, 5.74) is 1.05. The Morgan fingerprint density at radius 1 is 1.40 bits per heavy atom. The first kappa shape index (κ1) is 16.8. The van der Waals surface area contributed by atoms with Gasteiger partial charge in [0.1, 0.15) is 0 Å². The molecule has 0 spiro atoms. The second kappa shape index (κ2) is 9.61. The molecule has 0 aliphatic heterocycles. The van der Waals surface area contributed by atoms with Crippen LogP contribution in [0.15, 0.2) is 29.3 Å². The summed E-state index contributed by atoms with van der Waals surface area (Å²) in [5.74, 6) is 0.794. The van der Waals surface area contributed by atoms with Crippen LogP contribution in [-0.2, 0) is 4.74 Å². The van der Waals surface area contributed by atoms with E-state index in [1.807, 2.05) is 24.3 Å². The van der Waals surface area contributed by atoms with Crippen molar-refractivity contribution in [2.45, 2.75) is 25.9 Å². The fourth-order valence-electron chi connectivity index (χ4n) is 1.84. The van der Waals surface area contributed by atoms with Crippen LogP contribution >= 0.6 is 11.6 Å². The van der Waals surface area contributed by atoms with Gasteiger partial charge in [0.15, 0.2) is 5.96 Å². The summed E-state index contributed by atoms with van der Waals surface area (Å²) in [4.78, 5) is 4.19. The molecule has 1 aromatic carbocycles. The zero-order chi connectivity index (χ0) is 14.8. The molecule has 0 aliphatic carbocycles. The highest BCUT2D eigenvalue weighted by atomic mass is 35.5. The van der Waals surface area contributed by atoms with Crippen LogP contribution in [0.5, 0.6) is 0 Å². The number of unbranched alkanes of at least 4 members (excludes halogenated alkanes) is 1. The molecule has 0 aromatic heterocycles. The minimum absolute atomic E-state index is 0.0570. The van der Waals surface area contributed by atoms with E-state index in [9.17, 15) is 0 Å². The summed E-state index contributed by atoms with van der Waals surface area (Å²) in [7, 11) is 3.46. The first-order valence-corrected chi connectivity index (χ1v) is 7.31. The van der Waals surface area contributed by atoms with Gasteiger partial charge in [0.05, 0.1) is 6.10 Å².